The lowest BCUT2D eigenvalue weighted by atomic mass is 10.1. The predicted octanol–water partition coefficient (Wildman–Crippen LogP) is 12.3. The Morgan fingerprint density at radius 3 is 0.979 bits per heavy atom. The van der Waals surface area contributed by atoms with E-state index in [-0.39, 0.29) is 91.2 Å². The molecule has 0 saturated carbocycles. The number of benzene rings is 4. The Morgan fingerprint density at radius 1 is 0.417 bits per heavy atom. The Kier molecular flexibility index (Phi) is 17.2. The van der Waals surface area contributed by atoms with Gasteiger partial charge >= 0.3 is 0 Å². The first-order valence-electron chi connectivity index (χ1n) is 13.9. The van der Waals surface area contributed by atoms with E-state index in [9.17, 15) is 17.6 Å². The molecule has 0 saturated heterocycles. The molecule has 0 amide bonds. The molecule has 0 radical (unpaired) electrons. The van der Waals surface area contributed by atoms with Crippen molar-refractivity contribution in [1.82, 2.24) is 19.9 Å². The molecule has 48 heavy (non-hydrogen) atoms. The average Bonchev–Trinajstić information content (AvgIpc) is 3.65. The van der Waals surface area contributed by atoms with Gasteiger partial charge in [-0.05, 0) is 110 Å². The molecule has 0 atom stereocenters. The summed E-state index contributed by atoms with van der Waals surface area (Å²) in [5.74, 6) is 0.342. The molecule has 0 spiro atoms. The molecule has 0 aliphatic rings. The van der Waals surface area contributed by atoms with E-state index in [0.29, 0.717) is 11.4 Å². The molecule has 2 heterocycles. The number of nitrogens with one attached hydrogen (secondary N) is 2. The van der Waals surface area contributed by atoms with E-state index in [4.69, 9.17) is 9.97 Å². The van der Waals surface area contributed by atoms with Crippen molar-refractivity contribution in [2.45, 2.75) is 23.2 Å². The van der Waals surface area contributed by atoms with Gasteiger partial charge in [0.15, 0.2) is 10.3 Å². The Hall–Kier alpha value is -2.36. The van der Waals surface area contributed by atoms with Crippen molar-refractivity contribution in [3.63, 3.8) is 0 Å². The van der Waals surface area contributed by atoms with E-state index < -0.39 is 0 Å². The van der Waals surface area contributed by atoms with E-state index in [1.807, 2.05) is 0 Å². The van der Waals surface area contributed by atoms with E-state index >= 15 is 0 Å². The fraction of sp³-hybridized carbons (Fsp3) is 0.118. The highest BCUT2D eigenvalue weighted by Gasteiger charge is 2.17. The van der Waals surface area contributed by atoms with Gasteiger partial charge in [-0.1, -0.05) is 23.5 Å². The van der Waals surface area contributed by atoms with Crippen molar-refractivity contribution >= 4 is 91.4 Å². The van der Waals surface area contributed by atoms with Crippen LogP contribution in [0.15, 0.2) is 107 Å². The molecule has 0 unspecified atom stereocenters. The summed E-state index contributed by atoms with van der Waals surface area (Å²) in [5.41, 5.74) is 5.98. The van der Waals surface area contributed by atoms with Crippen LogP contribution in [0.25, 0.3) is 45.0 Å². The molecule has 14 heteroatoms. The van der Waals surface area contributed by atoms with E-state index in [1.54, 1.807) is 72.1 Å². The normalized spacial score (nSPS) is 10.3. The van der Waals surface area contributed by atoms with Crippen LogP contribution >= 0.6 is 91.4 Å². The van der Waals surface area contributed by atoms with Gasteiger partial charge in [0.1, 0.15) is 23.3 Å². The first-order valence-corrected chi connectivity index (χ1v) is 15.9. The van der Waals surface area contributed by atoms with E-state index in [0.717, 1.165) is 68.3 Å². The van der Waals surface area contributed by atoms with E-state index in [1.165, 1.54) is 48.5 Å². The first kappa shape index (κ1) is 41.8. The molecule has 254 valence electrons. The van der Waals surface area contributed by atoms with Gasteiger partial charge in [-0.3, -0.25) is 0 Å². The second kappa shape index (κ2) is 19.7. The number of H-pyrrole nitrogens is 2. The van der Waals surface area contributed by atoms with Gasteiger partial charge in [0.05, 0.1) is 22.8 Å². The van der Waals surface area contributed by atoms with Gasteiger partial charge in [-0.15, -0.1) is 67.9 Å². The summed E-state index contributed by atoms with van der Waals surface area (Å²) in [6, 6.07) is 24.7. The predicted molar refractivity (Wildman–Crippen MR) is 211 cm³/mol. The van der Waals surface area contributed by atoms with Crippen molar-refractivity contribution in [3.8, 4) is 45.0 Å². The van der Waals surface area contributed by atoms with Gasteiger partial charge in [-0.2, -0.15) is 0 Å². The first-order chi connectivity index (χ1) is 21.4. The van der Waals surface area contributed by atoms with Crippen LogP contribution in [0.4, 0.5) is 17.6 Å². The lowest BCUT2D eigenvalue weighted by Crippen LogP contribution is -1.87. The van der Waals surface area contributed by atoms with Gasteiger partial charge in [0.25, 0.3) is 0 Å². The number of thioether (sulfide) groups is 2. The lowest BCUT2D eigenvalue weighted by Gasteiger charge is -2.03. The number of halogens is 8. The maximum absolute atomic E-state index is 13.6. The smallest absolute Gasteiger partial charge is 0.166 e. The van der Waals surface area contributed by atoms with Crippen LogP contribution in [0.5, 0.6) is 0 Å². The molecule has 2 N–H and O–H groups in total. The largest absolute Gasteiger partial charge is 0.332 e. The van der Waals surface area contributed by atoms with Crippen LogP contribution in [-0.2, 0) is 0 Å². The molecular weight excluding hydrogens is 924 g/mol. The zero-order valence-corrected chi connectivity index (χ0v) is 33.4. The maximum atomic E-state index is 13.6. The molecule has 0 fully saturated rings. The van der Waals surface area contributed by atoms with Crippen LogP contribution in [0.1, 0.15) is 12.8 Å². The minimum atomic E-state index is -0.326. The van der Waals surface area contributed by atoms with Crippen LogP contribution in [0.3, 0.4) is 0 Å². The second-order valence-electron chi connectivity index (χ2n) is 9.96. The van der Waals surface area contributed by atoms with Gasteiger partial charge < -0.3 is 9.97 Å². The van der Waals surface area contributed by atoms with Crippen molar-refractivity contribution in [2.75, 3.05) is 11.5 Å². The van der Waals surface area contributed by atoms with Crippen molar-refractivity contribution < 1.29 is 17.6 Å². The number of aromatic nitrogens is 4. The summed E-state index contributed by atoms with van der Waals surface area (Å²) in [5, 5.41) is 1.46. The van der Waals surface area contributed by atoms with E-state index in [2.05, 4.69) is 9.97 Å². The van der Waals surface area contributed by atoms with Crippen molar-refractivity contribution in [1.29, 1.82) is 0 Å². The summed E-state index contributed by atoms with van der Waals surface area (Å²) in [4.78, 5) is 16.3. The summed E-state index contributed by atoms with van der Waals surface area (Å²) in [6.07, 6.45) is 1.85. The van der Waals surface area contributed by atoms with Crippen LogP contribution in [0.2, 0.25) is 0 Å². The Balaban J connectivity index is 0.00000200. The Morgan fingerprint density at radius 2 is 0.688 bits per heavy atom. The Labute approximate surface area is 326 Å². The average molecular weight is 954 g/mol. The summed E-state index contributed by atoms with van der Waals surface area (Å²) >= 11 is 3.18. The third-order valence-electron chi connectivity index (χ3n) is 6.88. The monoisotopic (exact) mass is 950 g/mol. The van der Waals surface area contributed by atoms with Crippen LogP contribution in [0, 0.1) is 23.3 Å². The quantitative estimate of drug-likeness (QED) is 0.0772. The van der Waals surface area contributed by atoms with Crippen LogP contribution in [-0.4, -0.2) is 31.4 Å². The zero-order valence-electron chi connectivity index (χ0n) is 24.9. The molecule has 6 aromatic rings. The van der Waals surface area contributed by atoms with Crippen molar-refractivity contribution in [3.05, 3.63) is 120 Å². The summed E-state index contributed by atoms with van der Waals surface area (Å²) in [7, 11) is 0. The fourth-order valence-electron chi connectivity index (χ4n) is 4.67. The molecule has 2 aromatic heterocycles. The number of hydrogen-bond acceptors (Lipinski definition) is 4. The number of rotatable bonds is 11. The minimum Gasteiger partial charge on any atom is -0.332 e. The molecule has 4 aromatic carbocycles. The third-order valence-corrected chi connectivity index (χ3v) is 8.80. The molecule has 0 aliphatic heterocycles. The third kappa shape index (κ3) is 10.6. The van der Waals surface area contributed by atoms with Crippen LogP contribution < -0.4 is 0 Å². The molecule has 0 aliphatic carbocycles. The highest BCUT2D eigenvalue weighted by molar-refractivity contribution is 8.93. The highest BCUT2D eigenvalue weighted by atomic mass is 79.9. The second-order valence-corrected chi connectivity index (χ2v) is 12.1. The molecule has 0 bridgehead atoms. The van der Waals surface area contributed by atoms with Gasteiger partial charge in [0.2, 0.25) is 0 Å². The fourth-order valence-corrected chi connectivity index (χ4v) is 6.41. The topological polar surface area (TPSA) is 57.4 Å². The Bertz CT molecular complexity index is 1590. The summed E-state index contributed by atoms with van der Waals surface area (Å²) < 4.78 is 54.2. The highest BCUT2D eigenvalue weighted by Crippen LogP contribution is 2.35. The molecular formula is C34H30Br4F4N4S2. The number of imidazole rings is 2. The van der Waals surface area contributed by atoms with Gasteiger partial charge in [0, 0.05) is 33.8 Å². The van der Waals surface area contributed by atoms with Gasteiger partial charge in [-0.25, -0.2) is 27.5 Å². The number of nitrogens with zero attached hydrogens (tertiary/aromatic N) is 2. The zero-order chi connectivity index (χ0) is 30.5. The standard InChI is InChI=1S/C34H26F4N4S2.4BrH/c35-25-11-3-21(4-12-25)29-30(22-5-13-26(36)14-6-22)40-33(39-29)43-19-1-2-20-44-34-41-31(23-7-15-27(37)16-8-23)32(42-34)24-9-17-28(38)18-10-24;;;;/h3-18H,1-2,19-20H2,(H,39,40)(H,41,42);4*1H. The number of aromatic amines is 2. The lowest BCUT2D eigenvalue weighted by molar-refractivity contribution is 0.627. The summed E-state index contributed by atoms with van der Waals surface area (Å²) in [6.45, 7) is 0. The minimum absolute atomic E-state index is 0. The molecule has 4 nitrogen and oxygen atoms in total. The van der Waals surface area contributed by atoms with Crippen molar-refractivity contribution in [2.24, 2.45) is 0 Å². The SMILES string of the molecule is Br.Br.Br.Br.Fc1ccc(-c2nc(SCCCCSc3nc(-c4ccc(F)cc4)c(-c4ccc(F)cc4)[nH]3)[nH]c2-c2ccc(F)cc2)cc1. The molecule has 6 rings (SSSR count). The maximum Gasteiger partial charge on any atom is 0.166 e. The number of unbranched alkanes of at least 4 members (excludes halogenated alkanes) is 1. The number of hydrogen-bond donors (Lipinski definition) is 2.